The summed E-state index contributed by atoms with van der Waals surface area (Å²) in [6, 6.07) is 19.7. The summed E-state index contributed by atoms with van der Waals surface area (Å²) in [6.45, 7) is 2.81. The Hall–Kier alpha value is -3.65. The van der Waals surface area contributed by atoms with Crippen molar-refractivity contribution in [2.45, 2.75) is 24.7 Å². The Morgan fingerprint density at radius 3 is 2.14 bits per heavy atom. The number of hydrogen-bond donors (Lipinski definition) is 2. The number of carbonyl (C=O) groups excluding carboxylic acids is 2. The Morgan fingerprint density at radius 1 is 0.829 bits per heavy atom. The average molecular weight is 495 g/mol. The number of amides is 2. The highest BCUT2D eigenvalue weighted by Gasteiger charge is 2.11. The van der Waals surface area contributed by atoms with E-state index in [-0.39, 0.29) is 17.6 Å². The molecule has 3 rings (SSSR count). The maximum absolute atomic E-state index is 12.6. The second kappa shape index (κ2) is 13.3. The van der Waals surface area contributed by atoms with Crippen LogP contribution in [0.15, 0.2) is 71.6 Å². The van der Waals surface area contributed by atoms with Crippen LogP contribution in [0.25, 0.3) is 0 Å². The lowest BCUT2D eigenvalue weighted by Gasteiger charge is -2.10. The van der Waals surface area contributed by atoms with Crippen LogP contribution in [0.5, 0.6) is 17.2 Å². The molecule has 0 radical (unpaired) electrons. The second-order valence-electron chi connectivity index (χ2n) is 7.61. The van der Waals surface area contributed by atoms with E-state index in [0.717, 1.165) is 29.2 Å². The van der Waals surface area contributed by atoms with Crippen molar-refractivity contribution in [1.82, 2.24) is 0 Å². The summed E-state index contributed by atoms with van der Waals surface area (Å²) < 4.78 is 16.1. The molecular weight excluding hydrogens is 464 g/mol. The van der Waals surface area contributed by atoms with Crippen LogP contribution in [0.1, 0.15) is 30.1 Å². The van der Waals surface area contributed by atoms with Crippen molar-refractivity contribution in [3.63, 3.8) is 0 Å². The third-order valence-corrected chi connectivity index (χ3v) is 6.04. The van der Waals surface area contributed by atoms with E-state index in [9.17, 15) is 9.59 Å². The standard InChI is InChI=1S/C27H30N2O5S/c1-4-5-16-34-22-11-7-20(8-12-22)28-26(30)18-35-23-13-9-21(10-14-23)29-27(31)19-6-15-24(32-2)25(17-19)33-3/h6-15,17H,4-5,16,18H2,1-3H3,(H,28,30)(H,29,31). The van der Waals surface area contributed by atoms with Gasteiger partial charge in [0.15, 0.2) is 11.5 Å². The molecule has 0 saturated heterocycles. The molecule has 3 aromatic carbocycles. The van der Waals surface area contributed by atoms with Crippen molar-refractivity contribution in [1.29, 1.82) is 0 Å². The molecule has 0 aliphatic rings. The molecule has 3 aromatic rings. The number of benzene rings is 3. The lowest BCUT2D eigenvalue weighted by atomic mass is 10.2. The molecule has 0 heterocycles. The number of carbonyl (C=O) groups is 2. The first kappa shape index (κ1) is 26.0. The smallest absolute Gasteiger partial charge is 0.255 e. The minimum atomic E-state index is -0.257. The number of rotatable bonds is 12. The van der Waals surface area contributed by atoms with Crippen molar-refractivity contribution < 1.29 is 23.8 Å². The van der Waals surface area contributed by atoms with Gasteiger partial charge < -0.3 is 24.8 Å². The minimum absolute atomic E-state index is 0.0968. The first-order valence-electron chi connectivity index (χ1n) is 11.3. The van der Waals surface area contributed by atoms with Gasteiger partial charge in [-0.15, -0.1) is 11.8 Å². The van der Waals surface area contributed by atoms with Crippen LogP contribution >= 0.6 is 11.8 Å². The molecule has 2 N–H and O–H groups in total. The van der Waals surface area contributed by atoms with E-state index in [1.54, 1.807) is 37.4 Å². The van der Waals surface area contributed by atoms with Crippen molar-refractivity contribution in [2.24, 2.45) is 0 Å². The van der Waals surface area contributed by atoms with Crippen molar-refractivity contribution in [3.8, 4) is 17.2 Å². The summed E-state index contributed by atoms with van der Waals surface area (Å²) in [7, 11) is 3.07. The molecule has 0 bridgehead atoms. The highest BCUT2D eigenvalue weighted by atomic mass is 32.2. The Balaban J connectivity index is 1.47. The fourth-order valence-electron chi connectivity index (χ4n) is 3.13. The van der Waals surface area contributed by atoms with Crippen LogP contribution in [-0.2, 0) is 4.79 Å². The number of hydrogen-bond acceptors (Lipinski definition) is 6. The molecule has 7 nitrogen and oxygen atoms in total. The number of anilines is 2. The number of ether oxygens (including phenoxy) is 3. The van der Waals surface area contributed by atoms with Gasteiger partial charge in [0, 0.05) is 21.8 Å². The quantitative estimate of drug-likeness (QED) is 0.242. The predicted octanol–water partition coefficient (Wildman–Crippen LogP) is 5.87. The van der Waals surface area contributed by atoms with Gasteiger partial charge in [-0.05, 0) is 73.2 Å². The SMILES string of the molecule is CCCCOc1ccc(NC(=O)CSc2ccc(NC(=O)c3ccc(OC)c(OC)c3)cc2)cc1. The molecular formula is C27H30N2O5S. The summed E-state index contributed by atoms with van der Waals surface area (Å²) in [5, 5.41) is 5.75. The van der Waals surface area contributed by atoms with E-state index >= 15 is 0 Å². The van der Waals surface area contributed by atoms with Gasteiger partial charge >= 0.3 is 0 Å². The van der Waals surface area contributed by atoms with Crippen molar-refractivity contribution >= 4 is 35.0 Å². The highest BCUT2D eigenvalue weighted by Crippen LogP contribution is 2.28. The molecule has 0 aliphatic carbocycles. The van der Waals surface area contributed by atoms with Gasteiger partial charge in [-0.25, -0.2) is 0 Å². The maximum Gasteiger partial charge on any atom is 0.255 e. The third kappa shape index (κ3) is 7.96. The highest BCUT2D eigenvalue weighted by molar-refractivity contribution is 8.00. The Bertz CT molecular complexity index is 1120. The topological polar surface area (TPSA) is 85.9 Å². The van der Waals surface area contributed by atoms with Crippen LogP contribution in [0.2, 0.25) is 0 Å². The number of methoxy groups -OCH3 is 2. The van der Waals surface area contributed by atoms with Gasteiger partial charge in [0.1, 0.15) is 5.75 Å². The first-order chi connectivity index (χ1) is 17.0. The molecule has 0 atom stereocenters. The Kier molecular flexibility index (Phi) is 9.86. The van der Waals surface area contributed by atoms with E-state index < -0.39 is 0 Å². The predicted molar refractivity (Wildman–Crippen MR) is 140 cm³/mol. The summed E-state index contributed by atoms with van der Waals surface area (Å²) in [6.07, 6.45) is 2.10. The van der Waals surface area contributed by atoms with Gasteiger partial charge in [0.05, 0.1) is 26.6 Å². The number of nitrogens with one attached hydrogen (secondary N) is 2. The summed E-state index contributed by atoms with van der Waals surface area (Å²) in [5.41, 5.74) is 1.84. The van der Waals surface area contributed by atoms with Crippen LogP contribution in [-0.4, -0.2) is 38.4 Å². The van der Waals surface area contributed by atoms with Crippen molar-refractivity contribution in [2.75, 3.05) is 37.2 Å². The molecule has 0 saturated carbocycles. The van der Waals surface area contributed by atoms with Gasteiger partial charge in [-0.2, -0.15) is 0 Å². The Labute approximate surface area is 210 Å². The molecule has 0 aliphatic heterocycles. The lowest BCUT2D eigenvalue weighted by Crippen LogP contribution is -2.14. The lowest BCUT2D eigenvalue weighted by molar-refractivity contribution is -0.113. The van der Waals surface area contributed by atoms with E-state index in [0.29, 0.717) is 29.4 Å². The summed E-state index contributed by atoms with van der Waals surface area (Å²) in [5.74, 6) is 1.76. The molecule has 8 heteroatoms. The first-order valence-corrected chi connectivity index (χ1v) is 12.3. The van der Waals surface area contributed by atoms with E-state index in [1.165, 1.54) is 18.9 Å². The molecule has 0 fully saturated rings. The van der Waals surface area contributed by atoms with Crippen LogP contribution in [0.4, 0.5) is 11.4 Å². The fraction of sp³-hybridized carbons (Fsp3) is 0.259. The largest absolute Gasteiger partial charge is 0.494 e. The van der Waals surface area contributed by atoms with Gasteiger partial charge in [-0.1, -0.05) is 13.3 Å². The van der Waals surface area contributed by atoms with Gasteiger partial charge in [0.2, 0.25) is 5.91 Å². The molecule has 0 aromatic heterocycles. The molecule has 184 valence electrons. The molecule has 0 spiro atoms. The minimum Gasteiger partial charge on any atom is -0.494 e. The maximum atomic E-state index is 12.6. The zero-order chi connectivity index (χ0) is 25.0. The van der Waals surface area contributed by atoms with E-state index in [1.807, 2.05) is 36.4 Å². The zero-order valence-corrected chi connectivity index (χ0v) is 20.9. The second-order valence-corrected chi connectivity index (χ2v) is 8.66. The molecule has 2 amide bonds. The summed E-state index contributed by atoms with van der Waals surface area (Å²) >= 11 is 1.42. The Morgan fingerprint density at radius 2 is 1.49 bits per heavy atom. The van der Waals surface area contributed by atoms with Crippen molar-refractivity contribution in [3.05, 3.63) is 72.3 Å². The zero-order valence-electron chi connectivity index (χ0n) is 20.1. The monoisotopic (exact) mass is 494 g/mol. The summed E-state index contributed by atoms with van der Waals surface area (Å²) in [4.78, 5) is 25.8. The van der Waals surface area contributed by atoms with Crippen LogP contribution in [0.3, 0.4) is 0 Å². The van der Waals surface area contributed by atoms with E-state index in [4.69, 9.17) is 14.2 Å². The van der Waals surface area contributed by atoms with Gasteiger partial charge in [-0.3, -0.25) is 9.59 Å². The number of thioether (sulfide) groups is 1. The fourth-order valence-corrected chi connectivity index (χ4v) is 3.83. The van der Waals surface area contributed by atoms with Crippen LogP contribution in [0, 0.1) is 0 Å². The van der Waals surface area contributed by atoms with Crippen LogP contribution < -0.4 is 24.8 Å². The average Bonchev–Trinajstić information content (AvgIpc) is 2.89. The number of unbranched alkanes of at least 4 members (excludes halogenated alkanes) is 1. The molecule has 35 heavy (non-hydrogen) atoms. The normalized spacial score (nSPS) is 10.4. The van der Waals surface area contributed by atoms with E-state index in [2.05, 4.69) is 17.6 Å². The molecule has 0 unspecified atom stereocenters. The van der Waals surface area contributed by atoms with Gasteiger partial charge in [0.25, 0.3) is 5.91 Å². The third-order valence-electron chi connectivity index (χ3n) is 5.03.